The number of carbonyl (C=O) groups excluding carboxylic acids is 2. The number of hydrogen-bond acceptors (Lipinski definition) is 3. The topological polar surface area (TPSA) is 43.4 Å². The van der Waals surface area contributed by atoms with Gasteiger partial charge in [-0.05, 0) is 68.1 Å². The second kappa shape index (κ2) is 7.98. The maximum atomic E-state index is 14.2. The monoisotopic (exact) mass is 388 g/mol. The maximum Gasteiger partial charge on any atom is 0.333 e. The molecule has 1 unspecified atom stereocenters. The largest absolute Gasteiger partial charge is 0.466 e. The number of ketones is 1. The number of Topliss-reactive ketones (excluding diaryl/α,β-unsaturated/α-hetero) is 1. The molecule has 3 nitrogen and oxygen atoms in total. The van der Waals surface area contributed by atoms with Crippen LogP contribution in [0.1, 0.15) is 38.7 Å². The average Bonchev–Trinajstić information content (AvgIpc) is 2.80. The van der Waals surface area contributed by atoms with Crippen LogP contribution in [0.5, 0.6) is 0 Å². The van der Waals surface area contributed by atoms with Gasteiger partial charge in [0.2, 0.25) is 0 Å². The highest BCUT2D eigenvalue weighted by atomic mass is 19.1. The first-order chi connectivity index (χ1) is 13.3. The van der Waals surface area contributed by atoms with Crippen LogP contribution >= 0.6 is 0 Å². The van der Waals surface area contributed by atoms with E-state index in [4.69, 9.17) is 4.74 Å². The highest BCUT2D eigenvalue weighted by Gasteiger charge is 2.45. The zero-order valence-corrected chi connectivity index (χ0v) is 16.6. The van der Waals surface area contributed by atoms with Crippen LogP contribution in [0.2, 0.25) is 0 Å². The van der Waals surface area contributed by atoms with Gasteiger partial charge >= 0.3 is 5.97 Å². The number of esters is 1. The molecule has 3 rings (SSSR count). The molecule has 2 aliphatic rings. The summed E-state index contributed by atoms with van der Waals surface area (Å²) in [6.45, 7) is 7.77. The molecule has 150 valence electrons. The van der Waals surface area contributed by atoms with Gasteiger partial charge in [0.15, 0.2) is 5.78 Å². The van der Waals surface area contributed by atoms with Crippen molar-refractivity contribution < 1.29 is 23.1 Å². The van der Waals surface area contributed by atoms with Crippen molar-refractivity contribution >= 4 is 11.8 Å². The van der Waals surface area contributed by atoms with E-state index in [0.29, 0.717) is 17.6 Å². The van der Waals surface area contributed by atoms with Crippen molar-refractivity contribution in [3.63, 3.8) is 0 Å². The van der Waals surface area contributed by atoms with Gasteiger partial charge in [-0.2, -0.15) is 0 Å². The molecule has 2 aliphatic carbocycles. The lowest BCUT2D eigenvalue weighted by atomic mass is 9.77. The Morgan fingerprint density at radius 3 is 2.50 bits per heavy atom. The lowest BCUT2D eigenvalue weighted by molar-refractivity contribution is -0.136. The molecule has 1 aromatic rings. The van der Waals surface area contributed by atoms with Crippen molar-refractivity contribution in [2.75, 3.05) is 7.11 Å². The van der Waals surface area contributed by atoms with E-state index >= 15 is 0 Å². The lowest BCUT2D eigenvalue weighted by Crippen LogP contribution is -2.26. The molecule has 4 atom stereocenters. The molecule has 1 aromatic carbocycles. The summed E-state index contributed by atoms with van der Waals surface area (Å²) >= 11 is 0. The highest BCUT2D eigenvalue weighted by molar-refractivity contribution is 6.01. The van der Waals surface area contributed by atoms with Crippen molar-refractivity contribution in [2.24, 2.45) is 23.7 Å². The van der Waals surface area contributed by atoms with E-state index in [1.165, 1.54) is 25.3 Å². The zero-order chi connectivity index (χ0) is 20.6. The fourth-order valence-corrected chi connectivity index (χ4v) is 4.89. The number of ether oxygens (including phenoxy) is 1. The number of fused-ring (bicyclic) bond motifs is 1. The third-order valence-electron chi connectivity index (χ3n) is 6.50. The Morgan fingerprint density at radius 2 is 1.89 bits per heavy atom. The average molecular weight is 388 g/mol. The Kier molecular flexibility index (Phi) is 5.82. The number of allylic oxidation sites excluding steroid dienone is 2. The van der Waals surface area contributed by atoms with Crippen LogP contribution < -0.4 is 0 Å². The number of carbonyl (C=O) groups is 2. The first kappa shape index (κ1) is 20.4. The molecule has 5 heteroatoms. The Bertz CT molecular complexity index is 835. The summed E-state index contributed by atoms with van der Waals surface area (Å²) in [6.07, 6.45) is 2.20. The van der Waals surface area contributed by atoms with E-state index in [9.17, 15) is 18.4 Å². The SMILES string of the molecule is C=C(C(=O)OC)[C@@H]1CC[C@H](C)[C@H]2C(=C(C)C(=O)C2Cc2c(F)cccc2F)C1. The van der Waals surface area contributed by atoms with Crippen LogP contribution in [-0.2, 0) is 20.7 Å². The summed E-state index contributed by atoms with van der Waals surface area (Å²) in [5.41, 5.74) is 2.07. The molecular weight excluding hydrogens is 362 g/mol. The van der Waals surface area contributed by atoms with E-state index in [1.807, 2.05) is 0 Å². The third-order valence-corrected chi connectivity index (χ3v) is 6.50. The number of rotatable bonds is 4. The molecule has 0 aromatic heterocycles. The second-order valence-electron chi connectivity index (χ2n) is 8.02. The predicted octanol–water partition coefficient (Wildman–Crippen LogP) is 4.80. The van der Waals surface area contributed by atoms with Crippen molar-refractivity contribution in [2.45, 2.75) is 39.5 Å². The molecule has 0 radical (unpaired) electrons. The van der Waals surface area contributed by atoms with E-state index < -0.39 is 23.5 Å². The van der Waals surface area contributed by atoms with Crippen LogP contribution in [0, 0.1) is 35.3 Å². The van der Waals surface area contributed by atoms with E-state index in [0.717, 1.165) is 18.4 Å². The molecular formula is C23H26F2O3. The molecule has 0 aliphatic heterocycles. The second-order valence-corrected chi connectivity index (χ2v) is 8.02. The molecule has 1 fully saturated rings. The van der Waals surface area contributed by atoms with Crippen LogP contribution in [0.4, 0.5) is 8.78 Å². The van der Waals surface area contributed by atoms with E-state index in [2.05, 4.69) is 13.5 Å². The number of hydrogen-bond donors (Lipinski definition) is 0. The Balaban J connectivity index is 1.92. The number of benzene rings is 1. The fraction of sp³-hybridized carbons (Fsp3) is 0.478. The Labute approximate surface area is 164 Å². The molecule has 1 saturated carbocycles. The zero-order valence-electron chi connectivity index (χ0n) is 16.6. The van der Waals surface area contributed by atoms with E-state index in [1.54, 1.807) is 6.92 Å². The van der Waals surface area contributed by atoms with E-state index in [-0.39, 0.29) is 35.5 Å². The van der Waals surface area contributed by atoms with Gasteiger partial charge in [-0.3, -0.25) is 4.79 Å². The maximum absolute atomic E-state index is 14.2. The summed E-state index contributed by atoms with van der Waals surface area (Å²) in [4.78, 5) is 24.9. The van der Waals surface area contributed by atoms with Crippen molar-refractivity contribution in [1.82, 2.24) is 0 Å². The van der Waals surface area contributed by atoms with Crippen molar-refractivity contribution in [3.05, 3.63) is 58.7 Å². The Hall–Kier alpha value is -2.30. The molecule has 0 bridgehead atoms. The minimum absolute atomic E-state index is 0.0260. The van der Waals surface area contributed by atoms with Crippen LogP contribution in [0.15, 0.2) is 41.5 Å². The standard InChI is InChI=1S/C23H26F2O3/c1-12-8-9-15(13(2)23(27)28-4)10-16-14(3)22(26)18(21(12)16)11-17-19(24)6-5-7-20(17)25/h5-7,12,15,18,21H,2,8-11H2,1,3-4H3/t12-,15+,18?,21-/m0/s1. The van der Waals surface area contributed by atoms with Crippen LogP contribution in [0.25, 0.3) is 0 Å². The summed E-state index contributed by atoms with van der Waals surface area (Å²) in [7, 11) is 1.33. The number of halogens is 2. The molecule has 0 heterocycles. The van der Waals surface area contributed by atoms with Gasteiger partial charge in [-0.25, -0.2) is 13.6 Å². The number of methoxy groups -OCH3 is 1. The quantitative estimate of drug-likeness (QED) is 0.549. The van der Waals surface area contributed by atoms with Crippen LogP contribution in [0.3, 0.4) is 0 Å². The smallest absolute Gasteiger partial charge is 0.333 e. The van der Waals surface area contributed by atoms with Gasteiger partial charge in [0, 0.05) is 17.1 Å². The van der Waals surface area contributed by atoms with Gasteiger partial charge in [-0.1, -0.05) is 25.1 Å². The predicted molar refractivity (Wildman–Crippen MR) is 102 cm³/mol. The molecule has 0 amide bonds. The van der Waals surface area contributed by atoms with Gasteiger partial charge in [0.25, 0.3) is 0 Å². The minimum atomic E-state index is -0.614. The summed E-state index contributed by atoms with van der Waals surface area (Å²) in [5.74, 6) is -2.14. The summed E-state index contributed by atoms with van der Waals surface area (Å²) in [5, 5.41) is 0. The first-order valence-corrected chi connectivity index (χ1v) is 9.70. The Morgan fingerprint density at radius 1 is 1.25 bits per heavy atom. The minimum Gasteiger partial charge on any atom is -0.466 e. The highest BCUT2D eigenvalue weighted by Crippen LogP contribution is 2.49. The van der Waals surface area contributed by atoms with Crippen molar-refractivity contribution in [3.8, 4) is 0 Å². The summed E-state index contributed by atoms with van der Waals surface area (Å²) in [6, 6.07) is 3.79. The third kappa shape index (κ3) is 3.54. The van der Waals surface area contributed by atoms with Gasteiger partial charge in [0.05, 0.1) is 7.11 Å². The first-order valence-electron chi connectivity index (χ1n) is 9.70. The van der Waals surface area contributed by atoms with Crippen LogP contribution in [-0.4, -0.2) is 18.9 Å². The van der Waals surface area contributed by atoms with Gasteiger partial charge in [0.1, 0.15) is 11.6 Å². The lowest BCUT2D eigenvalue weighted by Gasteiger charge is -2.26. The molecule has 0 spiro atoms. The van der Waals surface area contributed by atoms with Gasteiger partial charge < -0.3 is 4.74 Å². The summed E-state index contributed by atoms with van der Waals surface area (Å²) < 4.78 is 33.2. The molecule has 0 N–H and O–H groups in total. The van der Waals surface area contributed by atoms with Crippen molar-refractivity contribution in [1.29, 1.82) is 0 Å². The van der Waals surface area contributed by atoms with Gasteiger partial charge in [-0.15, -0.1) is 0 Å². The molecule has 0 saturated heterocycles. The fourth-order valence-electron chi connectivity index (χ4n) is 4.89. The normalized spacial score (nSPS) is 27.4. The molecule has 28 heavy (non-hydrogen) atoms.